The van der Waals surface area contributed by atoms with Crippen LogP contribution in [0.1, 0.15) is 22.8 Å². The highest BCUT2D eigenvalue weighted by atomic mass is 35.5. The van der Waals surface area contributed by atoms with Gasteiger partial charge in [0.05, 0.1) is 21.2 Å². The number of rotatable bonds is 4. The van der Waals surface area contributed by atoms with Crippen LogP contribution in [0.25, 0.3) is 0 Å². The second-order valence-electron chi connectivity index (χ2n) is 5.41. The summed E-state index contributed by atoms with van der Waals surface area (Å²) < 4.78 is 38.1. The quantitative estimate of drug-likeness (QED) is 0.705. The van der Waals surface area contributed by atoms with Crippen molar-refractivity contribution in [1.29, 1.82) is 0 Å². The number of aromatic nitrogens is 1. The molecule has 1 aromatic carbocycles. The summed E-state index contributed by atoms with van der Waals surface area (Å²) >= 11 is 11.7. The number of hydrogen-bond acceptors (Lipinski definition) is 3. The standard InChI is InChI=1S/C16H12Cl2F3N3O3/c1-7(23-14(26)9-3-2-4-10(17)12(9)18)13(25)24-11-5-8(16(19,20)21)6-22-15(11)27/h2-7H,1H3,(H,22,27)(H,23,26)(H,24,25). The number of pyridine rings is 1. The van der Waals surface area contributed by atoms with Gasteiger partial charge in [-0.15, -0.1) is 0 Å². The Hall–Kier alpha value is -2.52. The molecule has 2 rings (SSSR count). The zero-order chi connectivity index (χ0) is 20.4. The molecule has 0 aliphatic carbocycles. The van der Waals surface area contributed by atoms with E-state index in [0.717, 1.165) is 0 Å². The fourth-order valence-corrected chi connectivity index (χ4v) is 2.39. The van der Waals surface area contributed by atoms with Crippen molar-refractivity contribution < 1.29 is 22.8 Å². The molecule has 1 atom stereocenters. The first kappa shape index (κ1) is 20.8. The highest BCUT2D eigenvalue weighted by Crippen LogP contribution is 2.29. The van der Waals surface area contributed by atoms with Gasteiger partial charge in [-0.25, -0.2) is 0 Å². The summed E-state index contributed by atoms with van der Waals surface area (Å²) in [7, 11) is 0. The smallest absolute Gasteiger partial charge is 0.340 e. The van der Waals surface area contributed by atoms with Crippen molar-refractivity contribution in [3.8, 4) is 0 Å². The molecule has 0 saturated heterocycles. The second kappa shape index (κ2) is 8.01. The zero-order valence-corrected chi connectivity index (χ0v) is 15.1. The summed E-state index contributed by atoms with van der Waals surface area (Å²) in [5.74, 6) is -1.62. The minimum Gasteiger partial charge on any atom is -0.340 e. The van der Waals surface area contributed by atoms with Gasteiger partial charge < -0.3 is 15.6 Å². The third kappa shape index (κ3) is 5.01. The fraction of sp³-hybridized carbons (Fsp3) is 0.188. The second-order valence-corrected chi connectivity index (χ2v) is 6.20. The monoisotopic (exact) mass is 421 g/mol. The van der Waals surface area contributed by atoms with Crippen molar-refractivity contribution in [3.63, 3.8) is 0 Å². The average molecular weight is 422 g/mol. The normalized spacial score (nSPS) is 12.4. The number of benzene rings is 1. The van der Waals surface area contributed by atoms with Crippen LogP contribution in [0.5, 0.6) is 0 Å². The number of aromatic amines is 1. The molecule has 1 unspecified atom stereocenters. The fourth-order valence-electron chi connectivity index (χ4n) is 2.00. The highest BCUT2D eigenvalue weighted by Gasteiger charge is 2.31. The molecular weight excluding hydrogens is 410 g/mol. The Morgan fingerprint density at radius 2 is 1.89 bits per heavy atom. The summed E-state index contributed by atoms with van der Waals surface area (Å²) in [5, 5.41) is 4.49. The van der Waals surface area contributed by atoms with Gasteiger partial charge in [0.2, 0.25) is 5.91 Å². The number of nitrogens with one attached hydrogen (secondary N) is 3. The topological polar surface area (TPSA) is 91.1 Å². The average Bonchev–Trinajstić information content (AvgIpc) is 2.58. The van der Waals surface area contributed by atoms with Gasteiger partial charge in [0.15, 0.2) is 0 Å². The molecule has 1 aromatic heterocycles. The number of amides is 2. The Balaban J connectivity index is 2.13. The molecule has 144 valence electrons. The van der Waals surface area contributed by atoms with Gasteiger partial charge in [-0.2, -0.15) is 13.2 Å². The molecule has 27 heavy (non-hydrogen) atoms. The van der Waals surface area contributed by atoms with Crippen LogP contribution in [0.4, 0.5) is 18.9 Å². The summed E-state index contributed by atoms with van der Waals surface area (Å²) in [6.07, 6.45) is -4.21. The first-order chi connectivity index (χ1) is 12.5. The number of H-pyrrole nitrogens is 1. The zero-order valence-electron chi connectivity index (χ0n) is 13.6. The first-order valence-corrected chi connectivity index (χ1v) is 8.12. The highest BCUT2D eigenvalue weighted by molar-refractivity contribution is 6.43. The summed E-state index contributed by atoms with van der Waals surface area (Å²) in [5.41, 5.74) is -2.65. The summed E-state index contributed by atoms with van der Waals surface area (Å²) in [4.78, 5) is 37.8. The van der Waals surface area contributed by atoms with Crippen molar-refractivity contribution in [2.24, 2.45) is 0 Å². The van der Waals surface area contributed by atoms with Crippen LogP contribution in [-0.4, -0.2) is 22.8 Å². The molecule has 0 aliphatic rings. The lowest BCUT2D eigenvalue weighted by molar-refractivity contribution is -0.137. The van der Waals surface area contributed by atoms with Crippen molar-refractivity contribution in [2.75, 3.05) is 5.32 Å². The van der Waals surface area contributed by atoms with E-state index in [4.69, 9.17) is 23.2 Å². The Bertz CT molecular complexity index is 944. The lowest BCUT2D eigenvalue weighted by Crippen LogP contribution is -2.42. The van der Waals surface area contributed by atoms with Gasteiger partial charge in [-0.1, -0.05) is 29.3 Å². The van der Waals surface area contributed by atoms with Gasteiger partial charge >= 0.3 is 6.18 Å². The number of alkyl halides is 3. The van der Waals surface area contributed by atoms with Gasteiger partial charge in [0, 0.05) is 6.20 Å². The molecule has 0 fully saturated rings. The lowest BCUT2D eigenvalue weighted by Gasteiger charge is -2.15. The number of hydrogen-bond donors (Lipinski definition) is 3. The molecule has 1 heterocycles. The summed E-state index contributed by atoms with van der Waals surface area (Å²) in [6, 6.07) is 3.65. The molecule has 3 N–H and O–H groups in total. The van der Waals surface area contributed by atoms with Crippen molar-refractivity contribution in [1.82, 2.24) is 10.3 Å². The Morgan fingerprint density at radius 3 is 2.52 bits per heavy atom. The molecule has 0 radical (unpaired) electrons. The van der Waals surface area contributed by atoms with E-state index >= 15 is 0 Å². The number of halogens is 5. The minimum atomic E-state index is -4.70. The van der Waals surface area contributed by atoms with Crippen LogP contribution in [0, 0.1) is 0 Å². The van der Waals surface area contributed by atoms with E-state index in [1.54, 1.807) is 0 Å². The largest absolute Gasteiger partial charge is 0.417 e. The Kier molecular flexibility index (Phi) is 6.17. The predicted molar refractivity (Wildman–Crippen MR) is 94.1 cm³/mol. The Morgan fingerprint density at radius 1 is 1.22 bits per heavy atom. The van der Waals surface area contributed by atoms with Crippen molar-refractivity contribution >= 4 is 40.7 Å². The third-order valence-electron chi connectivity index (χ3n) is 3.43. The molecule has 0 spiro atoms. The van der Waals surface area contributed by atoms with Gasteiger partial charge in [-0.05, 0) is 25.1 Å². The minimum absolute atomic E-state index is 0.0146. The number of carbonyl (C=O) groups is 2. The molecule has 2 aromatic rings. The molecule has 0 saturated carbocycles. The van der Waals surface area contributed by atoms with Crippen molar-refractivity contribution in [2.45, 2.75) is 19.1 Å². The van der Waals surface area contributed by atoms with E-state index in [-0.39, 0.29) is 15.6 Å². The van der Waals surface area contributed by atoms with E-state index < -0.39 is 40.8 Å². The molecule has 2 amide bonds. The van der Waals surface area contributed by atoms with Gasteiger partial charge in [0.1, 0.15) is 11.7 Å². The van der Waals surface area contributed by atoms with Crippen LogP contribution in [0.2, 0.25) is 10.0 Å². The number of carbonyl (C=O) groups excluding carboxylic acids is 2. The maximum atomic E-state index is 12.7. The Labute approximate surface area is 160 Å². The molecule has 0 bridgehead atoms. The maximum Gasteiger partial charge on any atom is 0.417 e. The van der Waals surface area contributed by atoms with Crippen LogP contribution in [0.3, 0.4) is 0 Å². The molecule has 11 heteroatoms. The van der Waals surface area contributed by atoms with E-state index in [1.807, 2.05) is 10.3 Å². The molecule has 6 nitrogen and oxygen atoms in total. The van der Waals surface area contributed by atoms with Crippen molar-refractivity contribution in [3.05, 3.63) is 62.0 Å². The van der Waals surface area contributed by atoms with E-state index in [9.17, 15) is 27.6 Å². The van der Waals surface area contributed by atoms with Crippen LogP contribution < -0.4 is 16.2 Å². The summed E-state index contributed by atoms with van der Waals surface area (Å²) in [6.45, 7) is 1.29. The maximum absolute atomic E-state index is 12.7. The van der Waals surface area contributed by atoms with Gasteiger partial charge in [0.25, 0.3) is 11.5 Å². The van der Waals surface area contributed by atoms with Crippen LogP contribution >= 0.6 is 23.2 Å². The lowest BCUT2D eigenvalue weighted by atomic mass is 10.2. The van der Waals surface area contributed by atoms with Gasteiger partial charge in [-0.3, -0.25) is 14.4 Å². The van der Waals surface area contributed by atoms with E-state index in [1.165, 1.54) is 25.1 Å². The van der Waals surface area contributed by atoms with Crippen LogP contribution in [0.15, 0.2) is 35.3 Å². The molecule has 0 aliphatic heterocycles. The SMILES string of the molecule is CC(NC(=O)c1cccc(Cl)c1Cl)C(=O)Nc1cc(C(F)(F)F)c[nH]c1=O. The van der Waals surface area contributed by atoms with E-state index in [2.05, 4.69) is 5.32 Å². The van der Waals surface area contributed by atoms with Crippen LogP contribution in [-0.2, 0) is 11.0 Å². The first-order valence-electron chi connectivity index (χ1n) is 7.36. The third-order valence-corrected chi connectivity index (χ3v) is 4.24. The number of anilines is 1. The van der Waals surface area contributed by atoms with E-state index in [0.29, 0.717) is 12.3 Å². The molecular formula is C16H12Cl2F3N3O3. The predicted octanol–water partition coefficient (Wildman–Crippen LogP) is 3.46.